The first-order valence-electron chi connectivity index (χ1n) is 10.7. The van der Waals surface area contributed by atoms with Crippen molar-refractivity contribution in [2.24, 2.45) is 0 Å². The maximum Gasteiger partial charge on any atom is 0.310 e. The largest absolute Gasteiger partial charge is 0.466 e. The summed E-state index contributed by atoms with van der Waals surface area (Å²) >= 11 is 15.1. The van der Waals surface area contributed by atoms with Gasteiger partial charge in [0.25, 0.3) is 0 Å². The number of esters is 1. The summed E-state index contributed by atoms with van der Waals surface area (Å²) in [6.45, 7) is 2.12. The van der Waals surface area contributed by atoms with E-state index in [9.17, 15) is 18.7 Å². The Morgan fingerprint density at radius 1 is 1.11 bits per heavy atom. The van der Waals surface area contributed by atoms with Crippen LogP contribution in [0.5, 0.6) is 0 Å². The van der Waals surface area contributed by atoms with Gasteiger partial charge in [-0.15, -0.1) is 0 Å². The molecule has 0 saturated carbocycles. The molecule has 3 aromatic rings. The van der Waals surface area contributed by atoms with Gasteiger partial charge in [-0.25, -0.2) is 13.8 Å². The molecule has 1 N–H and O–H groups in total. The number of aliphatic hydroxyl groups is 1. The minimum Gasteiger partial charge on any atom is -0.466 e. The van der Waals surface area contributed by atoms with E-state index >= 15 is 0 Å². The predicted octanol–water partition coefficient (Wildman–Crippen LogP) is 6.38. The van der Waals surface area contributed by atoms with E-state index in [2.05, 4.69) is 20.9 Å². The second kappa shape index (κ2) is 12.7. The molecule has 1 heterocycles. The number of aliphatic hydroxyl groups excluding tert-OH is 1. The van der Waals surface area contributed by atoms with Crippen molar-refractivity contribution in [1.29, 1.82) is 0 Å². The molecule has 0 fully saturated rings. The molecule has 1 aromatic heterocycles. The highest BCUT2D eigenvalue weighted by Crippen LogP contribution is 2.30. The number of rotatable bonds is 10. The van der Waals surface area contributed by atoms with Crippen molar-refractivity contribution in [2.45, 2.75) is 32.5 Å². The minimum absolute atomic E-state index is 0.0280. The Morgan fingerprint density at radius 3 is 2.60 bits per heavy atom. The van der Waals surface area contributed by atoms with Gasteiger partial charge in [-0.2, -0.15) is 0 Å². The van der Waals surface area contributed by atoms with Crippen molar-refractivity contribution in [2.75, 3.05) is 13.2 Å². The highest BCUT2D eigenvalue weighted by molar-refractivity contribution is 9.10. The summed E-state index contributed by atoms with van der Waals surface area (Å²) in [5.74, 6) is -1.66. The van der Waals surface area contributed by atoms with Gasteiger partial charge in [-0.3, -0.25) is 4.79 Å². The monoisotopic (exact) mass is 587 g/mol. The molecule has 2 aromatic carbocycles. The number of hydrogen-bond donors (Lipinski definition) is 1. The molecule has 0 aliphatic heterocycles. The van der Waals surface area contributed by atoms with Gasteiger partial charge in [-0.1, -0.05) is 29.3 Å². The van der Waals surface area contributed by atoms with Crippen molar-refractivity contribution in [3.63, 3.8) is 0 Å². The van der Waals surface area contributed by atoms with Crippen molar-refractivity contribution in [3.05, 3.63) is 96.7 Å². The van der Waals surface area contributed by atoms with Crippen molar-refractivity contribution in [3.8, 4) is 0 Å². The summed E-state index contributed by atoms with van der Waals surface area (Å²) in [5.41, 5.74) is 1.71. The van der Waals surface area contributed by atoms with Gasteiger partial charge >= 0.3 is 5.97 Å². The summed E-state index contributed by atoms with van der Waals surface area (Å²) in [7, 11) is 0. The fourth-order valence-electron chi connectivity index (χ4n) is 3.54. The summed E-state index contributed by atoms with van der Waals surface area (Å²) in [6, 6.07) is 10.2. The van der Waals surface area contributed by atoms with Crippen LogP contribution in [-0.2, 0) is 33.7 Å². The van der Waals surface area contributed by atoms with Gasteiger partial charge in [0.2, 0.25) is 0 Å². The zero-order chi connectivity index (χ0) is 25.5. The highest BCUT2D eigenvalue weighted by Gasteiger charge is 2.22. The van der Waals surface area contributed by atoms with Crippen LogP contribution >= 0.6 is 39.1 Å². The molecule has 0 aliphatic carbocycles. The first-order valence-corrected chi connectivity index (χ1v) is 12.2. The van der Waals surface area contributed by atoms with Gasteiger partial charge in [0.1, 0.15) is 22.9 Å². The molecule has 186 valence electrons. The van der Waals surface area contributed by atoms with E-state index in [0.29, 0.717) is 16.7 Å². The average molecular weight is 589 g/mol. The fourth-order valence-corrected chi connectivity index (χ4v) is 4.32. The summed E-state index contributed by atoms with van der Waals surface area (Å²) in [4.78, 5) is 16.0. The normalized spacial score (nSPS) is 12.0. The average Bonchev–Trinajstić information content (AvgIpc) is 2.79. The highest BCUT2D eigenvalue weighted by atomic mass is 79.9. The molecular weight excluding hydrogens is 567 g/mol. The summed E-state index contributed by atoms with van der Waals surface area (Å²) in [6.07, 6.45) is -1.23. The molecule has 5 nitrogen and oxygen atoms in total. The van der Waals surface area contributed by atoms with E-state index in [1.54, 1.807) is 37.3 Å². The van der Waals surface area contributed by atoms with Gasteiger partial charge in [-0.05, 0) is 82.4 Å². The number of hydrogen-bond acceptors (Lipinski definition) is 5. The lowest BCUT2D eigenvalue weighted by Gasteiger charge is -2.17. The number of halogens is 5. The molecule has 0 amide bonds. The van der Waals surface area contributed by atoms with Crippen LogP contribution in [0.15, 0.2) is 46.9 Å². The van der Waals surface area contributed by atoms with Crippen LogP contribution in [0.25, 0.3) is 0 Å². The lowest BCUT2D eigenvalue weighted by Crippen LogP contribution is -2.12. The smallest absolute Gasteiger partial charge is 0.310 e. The molecule has 10 heteroatoms. The van der Waals surface area contributed by atoms with Crippen molar-refractivity contribution in [1.82, 2.24) is 4.98 Å². The lowest BCUT2D eigenvalue weighted by molar-refractivity contribution is -0.142. The predicted molar refractivity (Wildman–Crippen MR) is 133 cm³/mol. The second-order valence-corrected chi connectivity index (χ2v) is 9.25. The minimum atomic E-state index is -1.36. The summed E-state index contributed by atoms with van der Waals surface area (Å²) in [5, 5.41) is 11.1. The Hall–Kier alpha value is -2.10. The molecule has 1 atom stereocenters. The Kier molecular flexibility index (Phi) is 10.0. The van der Waals surface area contributed by atoms with Crippen LogP contribution in [0, 0.1) is 11.6 Å². The van der Waals surface area contributed by atoms with E-state index < -0.39 is 23.7 Å². The SMILES string of the molecule is CCOC(=O)Cc1cc(F)c(Br)cc1COCCc1cc(Cl)cc(F)c1C(O)c1cccc(Cl)n1. The van der Waals surface area contributed by atoms with Crippen LogP contribution in [0.1, 0.15) is 41.0 Å². The molecule has 0 saturated heterocycles. The maximum absolute atomic E-state index is 14.8. The van der Waals surface area contributed by atoms with Crippen molar-refractivity contribution < 1.29 is 28.2 Å². The Labute approximate surface area is 220 Å². The number of pyridine rings is 1. The van der Waals surface area contributed by atoms with Crippen LogP contribution in [0.3, 0.4) is 0 Å². The van der Waals surface area contributed by atoms with Gasteiger partial charge in [0, 0.05) is 10.6 Å². The molecule has 35 heavy (non-hydrogen) atoms. The van der Waals surface area contributed by atoms with E-state index in [1.807, 2.05) is 0 Å². The standard InChI is InChI=1S/C25H22BrCl2F2NO4/c1-2-35-23(32)11-15-10-19(29)18(26)9-16(15)13-34-7-6-14-8-17(27)12-20(30)24(14)25(33)21-4-3-5-22(28)31-21/h3-5,8-10,12,25,33H,2,6-7,11,13H2,1H3. The van der Waals surface area contributed by atoms with E-state index in [0.717, 1.165) is 6.07 Å². The number of benzene rings is 2. The Bertz CT molecular complexity index is 1210. The molecule has 0 bridgehead atoms. The fraction of sp³-hybridized carbons (Fsp3) is 0.280. The molecule has 0 spiro atoms. The number of carbonyl (C=O) groups excluding carboxylic acids is 1. The van der Waals surface area contributed by atoms with Crippen LogP contribution in [0.2, 0.25) is 10.2 Å². The van der Waals surface area contributed by atoms with Gasteiger partial charge in [0.05, 0.1) is 36.4 Å². The van der Waals surface area contributed by atoms with Gasteiger partial charge in [0.15, 0.2) is 0 Å². The molecular formula is C25H22BrCl2F2NO4. The molecule has 1 unspecified atom stereocenters. The lowest BCUT2D eigenvalue weighted by atomic mass is 9.97. The third-order valence-corrected chi connectivity index (χ3v) is 6.16. The topological polar surface area (TPSA) is 68.7 Å². The second-order valence-electron chi connectivity index (χ2n) is 7.57. The Morgan fingerprint density at radius 2 is 1.89 bits per heavy atom. The number of ether oxygens (including phenoxy) is 2. The number of carbonyl (C=O) groups is 1. The number of nitrogens with zero attached hydrogens (tertiary/aromatic N) is 1. The first-order chi connectivity index (χ1) is 16.7. The quantitative estimate of drug-likeness (QED) is 0.169. The van der Waals surface area contributed by atoms with E-state index in [1.165, 1.54) is 6.07 Å². The molecule has 3 rings (SSSR count). The molecule has 0 radical (unpaired) electrons. The van der Waals surface area contributed by atoms with E-state index in [4.69, 9.17) is 32.7 Å². The first kappa shape index (κ1) is 27.5. The van der Waals surface area contributed by atoms with Crippen LogP contribution in [0.4, 0.5) is 8.78 Å². The zero-order valence-electron chi connectivity index (χ0n) is 18.7. The third kappa shape index (κ3) is 7.44. The Balaban J connectivity index is 1.75. The van der Waals surface area contributed by atoms with E-state index in [-0.39, 0.29) is 58.6 Å². The number of aromatic nitrogens is 1. The molecule has 0 aliphatic rings. The zero-order valence-corrected chi connectivity index (χ0v) is 21.8. The third-order valence-electron chi connectivity index (χ3n) is 5.13. The van der Waals surface area contributed by atoms with Crippen molar-refractivity contribution >= 4 is 45.1 Å². The summed E-state index contributed by atoms with van der Waals surface area (Å²) < 4.78 is 39.8. The maximum atomic E-state index is 14.8. The van der Waals surface area contributed by atoms with Crippen LogP contribution < -0.4 is 0 Å². The van der Waals surface area contributed by atoms with Gasteiger partial charge < -0.3 is 14.6 Å². The van der Waals surface area contributed by atoms with Crippen LogP contribution in [-0.4, -0.2) is 29.3 Å².